The van der Waals surface area contributed by atoms with Crippen LogP contribution >= 0.6 is 0 Å². The smallest absolute Gasteiger partial charge is 0.255 e. The Balaban J connectivity index is 2.09. The van der Waals surface area contributed by atoms with Gasteiger partial charge in [-0.15, -0.1) is 10.2 Å². The van der Waals surface area contributed by atoms with Gasteiger partial charge < -0.3 is 14.9 Å². The summed E-state index contributed by atoms with van der Waals surface area (Å²) in [6.07, 6.45) is 0.701. The van der Waals surface area contributed by atoms with Crippen molar-refractivity contribution < 1.29 is 13.9 Å². The van der Waals surface area contributed by atoms with Crippen LogP contribution in [0.1, 0.15) is 12.8 Å². The van der Waals surface area contributed by atoms with E-state index in [2.05, 4.69) is 10.2 Å². The molecule has 2 N–H and O–H groups in total. The number of nitrogens with two attached hydrogens (primary N) is 1. The lowest BCUT2D eigenvalue weighted by atomic mass is 10.2. The van der Waals surface area contributed by atoms with Gasteiger partial charge in [0.2, 0.25) is 11.8 Å². The molecule has 0 unspecified atom stereocenters. The van der Waals surface area contributed by atoms with E-state index in [1.165, 1.54) is 0 Å². The van der Waals surface area contributed by atoms with E-state index in [-0.39, 0.29) is 6.61 Å². The minimum atomic E-state index is -0.511. The summed E-state index contributed by atoms with van der Waals surface area (Å²) in [5.74, 6) is 1.11. The van der Waals surface area contributed by atoms with Crippen LogP contribution in [0.5, 0.6) is 5.75 Å². The second-order valence-electron chi connectivity index (χ2n) is 3.63. The maximum absolute atomic E-state index is 10.6. The van der Waals surface area contributed by atoms with Crippen LogP contribution in [-0.4, -0.2) is 22.7 Å². The average molecular weight is 247 g/mol. The molecule has 94 valence electrons. The summed E-state index contributed by atoms with van der Waals surface area (Å²) in [5.41, 5.74) is 5.78. The number of rotatable bonds is 5. The molecule has 18 heavy (non-hydrogen) atoms. The molecule has 0 atom stereocenters. The Morgan fingerprint density at radius 1 is 1.33 bits per heavy atom. The number of carbonyl (C=O) groups excluding carboxylic acids is 1. The van der Waals surface area contributed by atoms with E-state index >= 15 is 0 Å². The highest BCUT2D eigenvalue weighted by molar-refractivity contribution is 5.75. The SMILES string of the molecule is CCc1nnc(-c2ccc(OCC(N)=O)cc2)o1. The van der Waals surface area contributed by atoms with Crippen LogP contribution in [0.4, 0.5) is 0 Å². The third-order valence-corrected chi connectivity index (χ3v) is 2.25. The summed E-state index contributed by atoms with van der Waals surface area (Å²) in [6, 6.07) is 6.99. The molecule has 0 saturated carbocycles. The van der Waals surface area contributed by atoms with Crippen LogP contribution < -0.4 is 10.5 Å². The zero-order chi connectivity index (χ0) is 13.0. The molecule has 6 nitrogen and oxygen atoms in total. The molecule has 1 amide bonds. The summed E-state index contributed by atoms with van der Waals surface area (Å²) < 4.78 is 10.6. The zero-order valence-electron chi connectivity index (χ0n) is 9.92. The van der Waals surface area contributed by atoms with Gasteiger partial charge in [0.25, 0.3) is 5.91 Å². The molecule has 0 aliphatic heterocycles. The third-order valence-electron chi connectivity index (χ3n) is 2.25. The predicted molar refractivity (Wildman–Crippen MR) is 63.8 cm³/mol. The van der Waals surface area contributed by atoms with Crippen molar-refractivity contribution in [3.8, 4) is 17.2 Å². The standard InChI is InChI=1S/C12H13N3O3/c1-2-11-14-15-12(18-11)8-3-5-9(6-4-8)17-7-10(13)16/h3-6H,2,7H2,1H3,(H2,13,16). The number of benzene rings is 1. The highest BCUT2D eigenvalue weighted by Gasteiger charge is 2.07. The molecule has 1 aromatic heterocycles. The summed E-state index contributed by atoms with van der Waals surface area (Å²) in [5, 5.41) is 7.81. The molecule has 6 heteroatoms. The lowest BCUT2D eigenvalue weighted by molar-refractivity contribution is -0.119. The molecule has 0 fully saturated rings. The van der Waals surface area contributed by atoms with Crippen LogP contribution in [0.3, 0.4) is 0 Å². The molecule has 1 aromatic carbocycles. The molecule has 2 rings (SSSR count). The number of aryl methyl sites for hydroxylation is 1. The van der Waals surface area contributed by atoms with Gasteiger partial charge in [-0.25, -0.2) is 0 Å². The van der Waals surface area contributed by atoms with Gasteiger partial charge >= 0.3 is 0 Å². The topological polar surface area (TPSA) is 91.2 Å². The molecule has 0 bridgehead atoms. The van der Waals surface area contributed by atoms with Gasteiger partial charge in [-0.1, -0.05) is 6.92 Å². The fraction of sp³-hybridized carbons (Fsp3) is 0.250. The van der Waals surface area contributed by atoms with Gasteiger partial charge in [0.05, 0.1) is 0 Å². The van der Waals surface area contributed by atoms with Crippen LogP contribution in [-0.2, 0) is 11.2 Å². The Morgan fingerprint density at radius 2 is 2.06 bits per heavy atom. The predicted octanol–water partition coefficient (Wildman–Crippen LogP) is 1.16. The normalized spacial score (nSPS) is 10.3. The first-order chi connectivity index (χ1) is 8.69. The molecular formula is C12H13N3O3. The van der Waals surface area contributed by atoms with E-state index < -0.39 is 5.91 Å². The van der Waals surface area contributed by atoms with Crippen molar-refractivity contribution >= 4 is 5.91 Å². The first kappa shape index (κ1) is 12.1. The number of hydrogen-bond donors (Lipinski definition) is 1. The maximum atomic E-state index is 10.6. The first-order valence-corrected chi connectivity index (χ1v) is 5.53. The molecule has 0 spiro atoms. The van der Waals surface area contributed by atoms with E-state index in [0.29, 0.717) is 24.0 Å². The van der Waals surface area contributed by atoms with Gasteiger partial charge in [0.1, 0.15) is 5.75 Å². The van der Waals surface area contributed by atoms with E-state index in [0.717, 1.165) is 5.56 Å². The van der Waals surface area contributed by atoms with Gasteiger partial charge in [-0.2, -0.15) is 0 Å². The second-order valence-corrected chi connectivity index (χ2v) is 3.63. The Labute approximate surface area is 104 Å². The maximum Gasteiger partial charge on any atom is 0.255 e. The van der Waals surface area contributed by atoms with E-state index in [4.69, 9.17) is 14.9 Å². The summed E-state index contributed by atoms with van der Waals surface area (Å²) in [4.78, 5) is 10.6. The van der Waals surface area contributed by atoms with E-state index in [1.54, 1.807) is 24.3 Å². The molecular weight excluding hydrogens is 234 g/mol. The number of hydrogen-bond acceptors (Lipinski definition) is 5. The van der Waals surface area contributed by atoms with Crippen molar-refractivity contribution in [1.29, 1.82) is 0 Å². The van der Waals surface area contributed by atoms with E-state index in [9.17, 15) is 4.79 Å². The molecule has 2 aromatic rings. The van der Waals surface area contributed by atoms with Crippen LogP contribution in [0, 0.1) is 0 Å². The summed E-state index contributed by atoms with van der Waals surface area (Å²) in [7, 11) is 0. The van der Waals surface area contributed by atoms with Crippen molar-refractivity contribution in [2.75, 3.05) is 6.61 Å². The van der Waals surface area contributed by atoms with Gasteiger partial charge in [0.15, 0.2) is 6.61 Å². The summed E-state index contributed by atoms with van der Waals surface area (Å²) >= 11 is 0. The van der Waals surface area contributed by atoms with Gasteiger partial charge in [-0.3, -0.25) is 4.79 Å². The lowest BCUT2D eigenvalue weighted by Gasteiger charge is -2.03. The molecule has 0 aliphatic carbocycles. The molecule has 0 saturated heterocycles. The quantitative estimate of drug-likeness (QED) is 0.856. The third kappa shape index (κ3) is 2.85. The number of primary amides is 1. The van der Waals surface area contributed by atoms with Crippen LogP contribution in [0.2, 0.25) is 0 Å². The van der Waals surface area contributed by atoms with Crippen molar-refractivity contribution in [2.24, 2.45) is 5.73 Å². The Kier molecular flexibility index (Phi) is 3.57. The van der Waals surface area contributed by atoms with Crippen molar-refractivity contribution in [1.82, 2.24) is 10.2 Å². The minimum absolute atomic E-state index is 0.139. The zero-order valence-corrected chi connectivity index (χ0v) is 9.92. The van der Waals surface area contributed by atoms with Crippen molar-refractivity contribution in [3.05, 3.63) is 30.2 Å². The van der Waals surface area contributed by atoms with Crippen molar-refractivity contribution in [3.63, 3.8) is 0 Å². The fourth-order valence-electron chi connectivity index (χ4n) is 1.36. The lowest BCUT2D eigenvalue weighted by Crippen LogP contribution is -2.19. The Hall–Kier alpha value is -2.37. The number of ether oxygens (including phenoxy) is 1. The molecule has 1 heterocycles. The fourth-order valence-corrected chi connectivity index (χ4v) is 1.36. The second kappa shape index (κ2) is 5.31. The largest absolute Gasteiger partial charge is 0.484 e. The first-order valence-electron chi connectivity index (χ1n) is 5.53. The highest BCUT2D eigenvalue weighted by Crippen LogP contribution is 2.21. The number of amides is 1. The number of carbonyl (C=O) groups is 1. The number of nitrogens with zero attached hydrogens (tertiary/aromatic N) is 2. The van der Waals surface area contributed by atoms with Gasteiger partial charge in [-0.05, 0) is 24.3 Å². The Bertz CT molecular complexity index is 534. The van der Waals surface area contributed by atoms with Crippen LogP contribution in [0.15, 0.2) is 28.7 Å². The minimum Gasteiger partial charge on any atom is -0.484 e. The monoisotopic (exact) mass is 247 g/mol. The molecule has 0 radical (unpaired) electrons. The Morgan fingerprint density at radius 3 is 2.61 bits per heavy atom. The van der Waals surface area contributed by atoms with Gasteiger partial charge in [0, 0.05) is 12.0 Å². The van der Waals surface area contributed by atoms with Crippen LogP contribution in [0.25, 0.3) is 11.5 Å². The highest BCUT2D eigenvalue weighted by atomic mass is 16.5. The van der Waals surface area contributed by atoms with Crippen molar-refractivity contribution in [2.45, 2.75) is 13.3 Å². The number of aromatic nitrogens is 2. The van der Waals surface area contributed by atoms with E-state index in [1.807, 2.05) is 6.92 Å². The molecule has 0 aliphatic rings. The average Bonchev–Trinajstić information content (AvgIpc) is 2.85. The summed E-state index contributed by atoms with van der Waals surface area (Å²) in [6.45, 7) is 1.80.